The fourth-order valence-corrected chi connectivity index (χ4v) is 4.02. The first-order valence-electron chi connectivity index (χ1n) is 8.71. The van der Waals surface area contributed by atoms with Gasteiger partial charge in [-0.3, -0.25) is 4.79 Å². The number of carbonyl (C=O) groups excluding carboxylic acids is 1. The number of methoxy groups -OCH3 is 1. The Morgan fingerprint density at radius 2 is 1.73 bits per heavy atom. The van der Waals surface area contributed by atoms with Gasteiger partial charge in [-0.05, 0) is 43.3 Å². The Morgan fingerprint density at radius 1 is 1.08 bits per heavy atom. The van der Waals surface area contributed by atoms with E-state index < -0.39 is 0 Å². The summed E-state index contributed by atoms with van der Waals surface area (Å²) in [4.78, 5) is 17.8. The number of ether oxygens (including phenoxy) is 1. The molecule has 1 fully saturated rings. The maximum absolute atomic E-state index is 12.7. The molecule has 1 aliphatic heterocycles. The molecule has 0 bridgehead atoms. The Balaban J connectivity index is 1.55. The van der Waals surface area contributed by atoms with E-state index in [2.05, 4.69) is 4.90 Å². The van der Waals surface area contributed by atoms with E-state index in [1.165, 1.54) is 0 Å². The number of thioether (sulfide) groups is 1. The molecule has 1 amide bonds. The zero-order chi connectivity index (χ0) is 18.5. The first-order chi connectivity index (χ1) is 12.6. The lowest BCUT2D eigenvalue weighted by molar-refractivity contribution is -0.130. The minimum atomic E-state index is -0.139. The Labute approximate surface area is 158 Å². The Bertz CT molecular complexity index is 743. The molecule has 1 saturated heterocycles. The second kappa shape index (κ2) is 8.36. The molecule has 1 heterocycles. The number of hydrogen-bond acceptors (Lipinski definition) is 5. The molecule has 0 saturated carbocycles. The average Bonchev–Trinajstić information content (AvgIpc) is 2.68. The number of phenols is 1. The van der Waals surface area contributed by atoms with Crippen LogP contribution < -0.4 is 9.64 Å². The molecule has 0 aromatic heterocycles. The lowest BCUT2D eigenvalue weighted by atomic mass is 10.2. The van der Waals surface area contributed by atoms with Gasteiger partial charge in [0.1, 0.15) is 11.5 Å². The number of benzene rings is 2. The minimum absolute atomic E-state index is 0.139. The largest absolute Gasteiger partial charge is 0.506 e. The highest BCUT2D eigenvalue weighted by molar-refractivity contribution is 8.00. The van der Waals surface area contributed by atoms with Crippen LogP contribution in [0.25, 0.3) is 0 Å². The molecular formula is C20H24N2O3S. The zero-order valence-electron chi connectivity index (χ0n) is 15.1. The van der Waals surface area contributed by atoms with E-state index in [1.807, 2.05) is 54.3 Å². The van der Waals surface area contributed by atoms with Crippen molar-refractivity contribution in [3.63, 3.8) is 0 Å². The number of piperazine rings is 1. The average molecular weight is 372 g/mol. The predicted octanol–water partition coefficient (Wildman–Crippen LogP) is 3.23. The van der Waals surface area contributed by atoms with Crippen LogP contribution in [0.3, 0.4) is 0 Å². The molecule has 2 aromatic rings. The number of amides is 1. The number of anilines is 1. The number of rotatable bonds is 5. The molecule has 0 radical (unpaired) electrons. The Kier molecular flexibility index (Phi) is 5.93. The fourth-order valence-electron chi connectivity index (χ4n) is 3.07. The summed E-state index contributed by atoms with van der Waals surface area (Å²) in [6.45, 7) is 4.74. The van der Waals surface area contributed by atoms with Crippen LogP contribution in [0, 0.1) is 0 Å². The number of hydrogen-bond donors (Lipinski definition) is 1. The van der Waals surface area contributed by atoms with Crippen molar-refractivity contribution in [3.8, 4) is 11.5 Å². The maximum atomic E-state index is 12.7. The highest BCUT2D eigenvalue weighted by atomic mass is 32.2. The van der Waals surface area contributed by atoms with Crippen LogP contribution in [0.15, 0.2) is 53.4 Å². The number of para-hydroxylation sites is 2. The summed E-state index contributed by atoms with van der Waals surface area (Å²) in [5, 5.41) is 9.85. The molecule has 2 aromatic carbocycles. The van der Waals surface area contributed by atoms with Gasteiger partial charge in [0, 0.05) is 31.1 Å². The smallest absolute Gasteiger partial charge is 0.235 e. The summed E-state index contributed by atoms with van der Waals surface area (Å²) in [7, 11) is 1.64. The zero-order valence-corrected chi connectivity index (χ0v) is 15.9. The van der Waals surface area contributed by atoms with Gasteiger partial charge >= 0.3 is 0 Å². The predicted molar refractivity (Wildman–Crippen MR) is 105 cm³/mol. The first-order valence-corrected chi connectivity index (χ1v) is 9.59. The van der Waals surface area contributed by atoms with Crippen LogP contribution in [0.4, 0.5) is 5.69 Å². The van der Waals surface area contributed by atoms with Gasteiger partial charge in [-0.15, -0.1) is 11.8 Å². The maximum Gasteiger partial charge on any atom is 0.235 e. The molecule has 0 aliphatic carbocycles. The molecule has 5 nitrogen and oxygen atoms in total. The van der Waals surface area contributed by atoms with Crippen molar-refractivity contribution >= 4 is 23.4 Å². The van der Waals surface area contributed by atoms with Gasteiger partial charge in [0.15, 0.2) is 0 Å². The second-order valence-electron chi connectivity index (χ2n) is 6.24. The van der Waals surface area contributed by atoms with Gasteiger partial charge < -0.3 is 19.6 Å². The van der Waals surface area contributed by atoms with Gasteiger partial charge in [-0.1, -0.05) is 12.1 Å². The monoisotopic (exact) mass is 372 g/mol. The van der Waals surface area contributed by atoms with E-state index in [0.29, 0.717) is 13.1 Å². The van der Waals surface area contributed by atoms with E-state index in [1.54, 1.807) is 24.9 Å². The van der Waals surface area contributed by atoms with Crippen molar-refractivity contribution in [2.75, 3.05) is 38.2 Å². The van der Waals surface area contributed by atoms with Gasteiger partial charge in [0.25, 0.3) is 0 Å². The minimum Gasteiger partial charge on any atom is -0.506 e. The number of phenolic OH excluding ortho intramolecular Hbond substituents is 1. The summed E-state index contributed by atoms with van der Waals surface area (Å²) in [6, 6.07) is 15.1. The number of aromatic hydroxyl groups is 1. The van der Waals surface area contributed by atoms with E-state index in [0.717, 1.165) is 29.4 Å². The third kappa shape index (κ3) is 4.25. The quantitative estimate of drug-likeness (QED) is 0.817. The summed E-state index contributed by atoms with van der Waals surface area (Å²) < 4.78 is 5.16. The van der Waals surface area contributed by atoms with Crippen LogP contribution >= 0.6 is 11.8 Å². The van der Waals surface area contributed by atoms with Crippen molar-refractivity contribution in [1.82, 2.24) is 4.90 Å². The molecule has 1 aliphatic rings. The summed E-state index contributed by atoms with van der Waals surface area (Å²) >= 11 is 1.56. The van der Waals surface area contributed by atoms with Gasteiger partial charge in [-0.25, -0.2) is 0 Å². The normalized spacial score (nSPS) is 15.6. The third-order valence-electron chi connectivity index (χ3n) is 4.53. The fraction of sp³-hybridized carbons (Fsp3) is 0.350. The Morgan fingerprint density at radius 3 is 2.35 bits per heavy atom. The summed E-state index contributed by atoms with van der Waals surface area (Å²) in [6.07, 6.45) is 0. The number of nitrogens with zero attached hydrogens (tertiary/aromatic N) is 2. The molecule has 6 heteroatoms. The molecule has 1 N–H and O–H groups in total. The molecule has 0 spiro atoms. The first kappa shape index (κ1) is 18.5. The van der Waals surface area contributed by atoms with Crippen molar-refractivity contribution in [3.05, 3.63) is 48.5 Å². The highest BCUT2D eigenvalue weighted by Gasteiger charge is 2.26. The van der Waals surface area contributed by atoms with Gasteiger partial charge in [0.05, 0.1) is 18.0 Å². The van der Waals surface area contributed by atoms with E-state index >= 15 is 0 Å². The SMILES string of the molecule is COc1ccc(SC(C)C(=O)N2CCN(c3ccccc3O)CC2)cc1. The molecule has 26 heavy (non-hydrogen) atoms. The summed E-state index contributed by atoms with van der Waals surface area (Å²) in [5.74, 6) is 1.26. The third-order valence-corrected chi connectivity index (χ3v) is 5.63. The van der Waals surface area contributed by atoms with Crippen LogP contribution in [0.1, 0.15) is 6.92 Å². The molecule has 1 unspecified atom stereocenters. The topological polar surface area (TPSA) is 53.0 Å². The highest BCUT2D eigenvalue weighted by Crippen LogP contribution is 2.29. The lowest BCUT2D eigenvalue weighted by Gasteiger charge is -2.37. The van der Waals surface area contributed by atoms with Crippen molar-refractivity contribution < 1.29 is 14.6 Å². The van der Waals surface area contributed by atoms with Crippen molar-refractivity contribution in [2.45, 2.75) is 17.1 Å². The molecule has 138 valence electrons. The van der Waals surface area contributed by atoms with Crippen LogP contribution in [-0.4, -0.2) is 54.5 Å². The van der Waals surface area contributed by atoms with Crippen molar-refractivity contribution in [1.29, 1.82) is 0 Å². The Hall–Kier alpha value is -2.34. The number of carbonyl (C=O) groups is 1. The van der Waals surface area contributed by atoms with Crippen LogP contribution in [0.2, 0.25) is 0 Å². The molecular weight excluding hydrogens is 348 g/mol. The van der Waals surface area contributed by atoms with Gasteiger partial charge in [-0.2, -0.15) is 0 Å². The standard InChI is InChI=1S/C20H24N2O3S/c1-15(26-17-9-7-16(25-2)8-10-17)20(24)22-13-11-21(12-14-22)18-5-3-4-6-19(18)23/h3-10,15,23H,11-14H2,1-2H3. The van der Waals surface area contributed by atoms with Gasteiger partial charge in [0.2, 0.25) is 5.91 Å². The van der Waals surface area contributed by atoms with Crippen LogP contribution in [0.5, 0.6) is 11.5 Å². The van der Waals surface area contributed by atoms with E-state index in [9.17, 15) is 9.90 Å². The summed E-state index contributed by atoms with van der Waals surface area (Å²) in [5.41, 5.74) is 0.834. The lowest BCUT2D eigenvalue weighted by Crippen LogP contribution is -2.50. The van der Waals surface area contributed by atoms with Crippen molar-refractivity contribution in [2.24, 2.45) is 0 Å². The second-order valence-corrected chi connectivity index (χ2v) is 7.65. The van der Waals surface area contributed by atoms with Crippen LogP contribution in [-0.2, 0) is 4.79 Å². The van der Waals surface area contributed by atoms with E-state index in [4.69, 9.17) is 4.74 Å². The molecule has 1 atom stereocenters. The van der Waals surface area contributed by atoms with E-state index in [-0.39, 0.29) is 16.9 Å². The molecule has 3 rings (SSSR count).